The van der Waals surface area contributed by atoms with Crippen molar-refractivity contribution in [3.63, 3.8) is 0 Å². The summed E-state index contributed by atoms with van der Waals surface area (Å²) in [6.07, 6.45) is 1.10. The zero-order valence-electron chi connectivity index (χ0n) is 9.87. The Bertz CT molecular complexity index is 391. The average molecular weight is 239 g/mol. The molecule has 0 aliphatic carbocycles. The number of aryl methyl sites for hydroxylation is 1. The fraction of sp³-hybridized carbons (Fsp3) is 0.417. The first-order chi connectivity index (χ1) is 7.60. The van der Waals surface area contributed by atoms with Crippen LogP contribution in [0.5, 0.6) is 0 Å². The molecule has 0 radical (unpaired) electrons. The quantitative estimate of drug-likeness (QED) is 0.498. The van der Waals surface area contributed by atoms with E-state index in [-0.39, 0.29) is 5.97 Å². The van der Waals surface area contributed by atoms with E-state index in [1.54, 1.807) is 17.8 Å². The summed E-state index contributed by atoms with van der Waals surface area (Å²) in [6, 6.07) is 3.80. The third-order valence-corrected chi connectivity index (χ3v) is 3.42. The van der Waals surface area contributed by atoms with Gasteiger partial charge >= 0.3 is 5.97 Å². The number of thioether (sulfide) groups is 1. The number of ether oxygens (including phenoxy) is 1. The average Bonchev–Trinajstić information content (AvgIpc) is 2.29. The third-order valence-electron chi connectivity index (χ3n) is 2.24. The lowest BCUT2D eigenvalue weighted by Gasteiger charge is -2.09. The zero-order valence-corrected chi connectivity index (χ0v) is 10.7. The van der Waals surface area contributed by atoms with Crippen LogP contribution in [0.2, 0.25) is 0 Å². The molecule has 0 heterocycles. The predicted molar refractivity (Wildman–Crippen MR) is 67.9 cm³/mol. The van der Waals surface area contributed by atoms with Gasteiger partial charge in [-0.15, -0.1) is 11.8 Å². The van der Waals surface area contributed by atoms with E-state index in [0.29, 0.717) is 11.3 Å². The van der Waals surface area contributed by atoms with Gasteiger partial charge in [0, 0.05) is 10.6 Å². The van der Waals surface area contributed by atoms with Crippen molar-refractivity contribution in [2.75, 3.05) is 18.6 Å². The minimum absolute atomic E-state index is 0.375. The van der Waals surface area contributed by atoms with Gasteiger partial charge in [0.2, 0.25) is 0 Å². The van der Waals surface area contributed by atoms with Gasteiger partial charge in [0.1, 0.15) is 0 Å². The zero-order chi connectivity index (χ0) is 12.1. The number of benzene rings is 1. The summed E-state index contributed by atoms with van der Waals surface area (Å²) >= 11 is 1.72. The molecule has 88 valence electrons. The maximum absolute atomic E-state index is 11.5. The monoisotopic (exact) mass is 239 g/mol. The summed E-state index contributed by atoms with van der Waals surface area (Å²) < 4.78 is 4.70. The molecule has 0 bridgehead atoms. The van der Waals surface area contributed by atoms with E-state index in [4.69, 9.17) is 10.5 Å². The molecule has 0 fully saturated rings. The Kier molecular flexibility index (Phi) is 4.68. The maximum Gasteiger partial charge on any atom is 0.340 e. The standard InChI is InChI=1S/C12H17NO2S/c1-4-5-16-9-6-8(2)11(13)10(7-9)12(14)15-3/h6-7H,4-5,13H2,1-3H3. The predicted octanol–water partition coefficient (Wildman–Crippen LogP) is 2.87. The van der Waals surface area contributed by atoms with E-state index in [0.717, 1.165) is 22.6 Å². The number of anilines is 1. The Morgan fingerprint density at radius 2 is 2.19 bits per heavy atom. The lowest BCUT2D eigenvalue weighted by Crippen LogP contribution is -2.07. The van der Waals surface area contributed by atoms with Crippen LogP contribution in [-0.4, -0.2) is 18.8 Å². The van der Waals surface area contributed by atoms with Gasteiger partial charge in [0.25, 0.3) is 0 Å². The molecule has 2 N–H and O–H groups in total. The van der Waals surface area contributed by atoms with Gasteiger partial charge in [0.05, 0.1) is 12.7 Å². The number of carbonyl (C=O) groups excluding carboxylic acids is 1. The van der Waals surface area contributed by atoms with Gasteiger partial charge in [-0.2, -0.15) is 0 Å². The molecule has 0 aliphatic rings. The van der Waals surface area contributed by atoms with E-state index < -0.39 is 0 Å². The van der Waals surface area contributed by atoms with Gasteiger partial charge in [-0.3, -0.25) is 0 Å². The second-order valence-electron chi connectivity index (χ2n) is 3.54. The largest absolute Gasteiger partial charge is 0.465 e. The summed E-state index contributed by atoms with van der Waals surface area (Å²) in [4.78, 5) is 12.6. The van der Waals surface area contributed by atoms with Crippen LogP contribution < -0.4 is 5.73 Å². The van der Waals surface area contributed by atoms with Crippen LogP contribution in [-0.2, 0) is 4.74 Å². The number of esters is 1. The molecule has 0 atom stereocenters. The van der Waals surface area contributed by atoms with E-state index in [1.165, 1.54) is 7.11 Å². The van der Waals surface area contributed by atoms with Crippen LogP contribution in [0.15, 0.2) is 17.0 Å². The number of nitrogens with two attached hydrogens (primary N) is 1. The summed E-state index contributed by atoms with van der Waals surface area (Å²) in [5.74, 6) is 0.656. The lowest BCUT2D eigenvalue weighted by molar-refractivity contribution is 0.0601. The van der Waals surface area contributed by atoms with Gasteiger partial charge in [-0.05, 0) is 36.8 Å². The van der Waals surface area contributed by atoms with Crippen LogP contribution in [0.4, 0.5) is 5.69 Å². The van der Waals surface area contributed by atoms with E-state index in [9.17, 15) is 4.79 Å². The Labute approximate surface area is 100 Å². The molecule has 3 nitrogen and oxygen atoms in total. The smallest absolute Gasteiger partial charge is 0.340 e. The topological polar surface area (TPSA) is 52.3 Å². The minimum Gasteiger partial charge on any atom is -0.465 e. The van der Waals surface area contributed by atoms with Crippen molar-refractivity contribution in [3.05, 3.63) is 23.3 Å². The minimum atomic E-state index is -0.375. The summed E-state index contributed by atoms with van der Waals surface area (Å²) in [7, 11) is 1.36. The van der Waals surface area contributed by atoms with Crippen LogP contribution >= 0.6 is 11.8 Å². The fourth-order valence-electron chi connectivity index (χ4n) is 1.35. The molecular weight excluding hydrogens is 222 g/mol. The SMILES string of the molecule is CCCSc1cc(C)c(N)c(C(=O)OC)c1. The normalized spacial score (nSPS) is 10.2. The second kappa shape index (κ2) is 5.80. The first-order valence-electron chi connectivity index (χ1n) is 5.21. The van der Waals surface area contributed by atoms with Crippen molar-refractivity contribution in [3.8, 4) is 0 Å². The van der Waals surface area contributed by atoms with E-state index in [1.807, 2.05) is 13.0 Å². The van der Waals surface area contributed by atoms with Gasteiger partial charge in [0.15, 0.2) is 0 Å². The van der Waals surface area contributed by atoms with E-state index >= 15 is 0 Å². The molecule has 1 aromatic rings. The molecule has 0 spiro atoms. The van der Waals surface area contributed by atoms with Gasteiger partial charge in [-0.1, -0.05) is 6.92 Å². The number of hydrogen-bond donors (Lipinski definition) is 1. The Balaban J connectivity index is 3.06. The molecular formula is C12H17NO2S. The highest BCUT2D eigenvalue weighted by molar-refractivity contribution is 7.99. The number of nitrogen functional groups attached to an aromatic ring is 1. The van der Waals surface area contributed by atoms with Gasteiger partial charge in [-0.25, -0.2) is 4.79 Å². The van der Waals surface area contributed by atoms with Crippen LogP contribution in [0.1, 0.15) is 29.3 Å². The van der Waals surface area contributed by atoms with Crippen LogP contribution in [0, 0.1) is 6.92 Å². The number of rotatable bonds is 4. The fourth-order valence-corrected chi connectivity index (χ4v) is 2.25. The van der Waals surface area contributed by atoms with E-state index in [2.05, 4.69) is 6.92 Å². The molecule has 1 aromatic carbocycles. The number of carbonyl (C=O) groups is 1. The van der Waals surface area contributed by atoms with Crippen molar-refractivity contribution in [2.24, 2.45) is 0 Å². The highest BCUT2D eigenvalue weighted by atomic mass is 32.2. The van der Waals surface area contributed by atoms with Crippen LogP contribution in [0.25, 0.3) is 0 Å². The Morgan fingerprint density at radius 1 is 1.50 bits per heavy atom. The Hall–Kier alpha value is -1.16. The molecule has 0 amide bonds. The molecule has 4 heteroatoms. The summed E-state index contributed by atoms with van der Waals surface area (Å²) in [6.45, 7) is 4.02. The number of methoxy groups -OCH3 is 1. The Morgan fingerprint density at radius 3 is 2.75 bits per heavy atom. The molecule has 1 rings (SSSR count). The molecule has 0 aromatic heterocycles. The summed E-state index contributed by atoms with van der Waals surface area (Å²) in [5, 5.41) is 0. The second-order valence-corrected chi connectivity index (χ2v) is 4.71. The molecule has 0 unspecified atom stereocenters. The first-order valence-corrected chi connectivity index (χ1v) is 6.20. The third kappa shape index (κ3) is 2.92. The van der Waals surface area contributed by atoms with Gasteiger partial charge < -0.3 is 10.5 Å². The lowest BCUT2D eigenvalue weighted by atomic mass is 10.1. The highest BCUT2D eigenvalue weighted by Gasteiger charge is 2.13. The van der Waals surface area contributed by atoms with Crippen molar-refractivity contribution >= 4 is 23.4 Å². The van der Waals surface area contributed by atoms with Crippen molar-refractivity contribution < 1.29 is 9.53 Å². The molecule has 16 heavy (non-hydrogen) atoms. The van der Waals surface area contributed by atoms with Crippen LogP contribution in [0.3, 0.4) is 0 Å². The van der Waals surface area contributed by atoms with Crippen molar-refractivity contribution in [2.45, 2.75) is 25.2 Å². The summed E-state index contributed by atoms with van der Waals surface area (Å²) in [5.41, 5.74) is 7.73. The van der Waals surface area contributed by atoms with Crippen molar-refractivity contribution in [1.82, 2.24) is 0 Å². The maximum atomic E-state index is 11.5. The highest BCUT2D eigenvalue weighted by Crippen LogP contribution is 2.27. The number of hydrogen-bond acceptors (Lipinski definition) is 4. The molecule has 0 saturated carbocycles. The molecule has 0 aliphatic heterocycles. The molecule has 0 saturated heterocycles. The first kappa shape index (κ1) is 12.9. The van der Waals surface area contributed by atoms with Crippen molar-refractivity contribution in [1.29, 1.82) is 0 Å².